The summed E-state index contributed by atoms with van der Waals surface area (Å²) >= 11 is 0. The van der Waals surface area contributed by atoms with Gasteiger partial charge >= 0.3 is 6.16 Å². The zero-order chi connectivity index (χ0) is 10.3. The number of carbonyl (C=O) groups is 1. The quantitative estimate of drug-likeness (QED) is 0.498. The number of allylic oxidation sites excluding steroid dienone is 1. The van der Waals surface area contributed by atoms with E-state index in [-0.39, 0.29) is 6.61 Å². The molecular formula is C9H16O4. The van der Waals surface area contributed by atoms with Gasteiger partial charge in [0.05, 0.1) is 13.7 Å². The summed E-state index contributed by atoms with van der Waals surface area (Å²) in [7, 11) is 2.88. The maximum atomic E-state index is 10.6. The van der Waals surface area contributed by atoms with Crippen molar-refractivity contribution in [3.8, 4) is 0 Å². The molecule has 0 spiro atoms. The number of hydrogen-bond donors (Lipinski definition) is 0. The summed E-state index contributed by atoms with van der Waals surface area (Å²) in [5.74, 6) is 0. The number of carbonyl (C=O) groups excluding carboxylic acids is 1. The molecule has 0 aliphatic carbocycles. The second-order valence-electron chi connectivity index (χ2n) is 2.78. The number of ether oxygens (including phenoxy) is 3. The fourth-order valence-electron chi connectivity index (χ4n) is 0.710. The normalized spacial score (nSPS) is 9.23. The molecule has 0 rings (SSSR count). The first-order valence-corrected chi connectivity index (χ1v) is 3.96. The Kier molecular flexibility index (Phi) is 5.97. The highest BCUT2D eigenvalue weighted by molar-refractivity contribution is 5.59. The van der Waals surface area contributed by atoms with E-state index in [2.05, 4.69) is 4.74 Å². The van der Waals surface area contributed by atoms with Crippen LogP contribution < -0.4 is 0 Å². The van der Waals surface area contributed by atoms with E-state index in [0.717, 1.165) is 11.1 Å². The van der Waals surface area contributed by atoms with E-state index in [0.29, 0.717) is 6.61 Å². The van der Waals surface area contributed by atoms with Crippen molar-refractivity contribution in [1.82, 2.24) is 0 Å². The minimum Gasteiger partial charge on any atom is -0.438 e. The Hall–Kier alpha value is -1.03. The van der Waals surface area contributed by atoms with E-state index in [1.807, 2.05) is 13.8 Å². The molecule has 0 heterocycles. The molecule has 0 bridgehead atoms. The molecule has 0 atom stereocenters. The molecule has 0 fully saturated rings. The van der Waals surface area contributed by atoms with Gasteiger partial charge in [0.15, 0.2) is 0 Å². The topological polar surface area (TPSA) is 44.8 Å². The lowest BCUT2D eigenvalue weighted by Gasteiger charge is -2.08. The second-order valence-corrected chi connectivity index (χ2v) is 2.78. The Morgan fingerprint density at radius 3 is 2.15 bits per heavy atom. The fraction of sp³-hybridized carbons (Fsp3) is 0.667. The Morgan fingerprint density at radius 2 is 1.77 bits per heavy atom. The van der Waals surface area contributed by atoms with Gasteiger partial charge in [0, 0.05) is 7.11 Å². The van der Waals surface area contributed by atoms with Crippen molar-refractivity contribution in [2.45, 2.75) is 13.8 Å². The van der Waals surface area contributed by atoms with Crippen LogP contribution in [0.15, 0.2) is 11.1 Å². The van der Waals surface area contributed by atoms with Crippen molar-refractivity contribution in [3.05, 3.63) is 11.1 Å². The molecule has 0 radical (unpaired) electrons. The van der Waals surface area contributed by atoms with Crippen molar-refractivity contribution in [2.24, 2.45) is 0 Å². The van der Waals surface area contributed by atoms with E-state index < -0.39 is 6.16 Å². The highest BCUT2D eigenvalue weighted by Crippen LogP contribution is 2.04. The molecular weight excluding hydrogens is 172 g/mol. The molecule has 0 unspecified atom stereocenters. The Bertz CT molecular complexity index is 192. The molecule has 0 saturated carbocycles. The Morgan fingerprint density at radius 1 is 1.15 bits per heavy atom. The van der Waals surface area contributed by atoms with Crippen LogP contribution in [0, 0.1) is 0 Å². The highest BCUT2D eigenvalue weighted by atomic mass is 16.7. The van der Waals surface area contributed by atoms with Crippen LogP contribution in [0.25, 0.3) is 0 Å². The van der Waals surface area contributed by atoms with Crippen molar-refractivity contribution >= 4 is 6.16 Å². The van der Waals surface area contributed by atoms with Gasteiger partial charge in [0.25, 0.3) is 0 Å². The summed E-state index contributed by atoms with van der Waals surface area (Å²) in [5.41, 5.74) is 2.04. The van der Waals surface area contributed by atoms with E-state index in [1.54, 1.807) is 7.11 Å². The summed E-state index contributed by atoms with van der Waals surface area (Å²) in [4.78, 5) is 10.6. The van der Waals surface area contributed by atoms with Crippen LogP contribution in [0.5, 0.6) is 0 Å². The van der Waals surface area contributed by atoms with Crippen molar-refractivity contribution < 1.29 is 19.0 Å². The van der Waals surface area contributed by atoms with Gasteiger partial charge in [0.1, 0.15) is 6.61 Å². The van der Waals surface area contributed by atoms with E-state index in [1.165, 1.54) is 7.11 Å². The van der Waals surface area contributed by atoms with Gasteiger partial charge in [-0.2, -0.15) is 0 Å². The molecule has 0 N–H and O–H groups in total. The smallest absolute Gasteiger partial charge is 0.438 e. The average Bonchev–Trinajstić information content (AvgIpc) is 2.11. The Labute approximate surface area is 78.5 Å². The van der Waals surface area contributed by atoms with E-state index >= 15 is 0 Å². The maximum absolute atomic E-state index is 10.6. The molecule has 13 heavy (non-hydrogen) atoms. The largest absolute Gasteiger partial charge is 0.508 e. The van der Waals surface area contributed by atoms with Gasteiger partial charge in [-0.3, -0.25) is 0 Å². The summed E-state index contributed by atoms with van der Waals surface area (Å²) < 4.78 is 14.0. The SMILES string of the molecule is COCC(COC(=O)OC)=C(C)C. The minimum absolute atomic E-state index is 0.225. The average molecular weight is 188 g/mol. The van der Waals surface area contributed by atoms with Gasteiger partial charge < -0.3 is 14.2 Å². The summed E-state index contributed by atoms with van der Waals surface area (Å²) in [6, 6.07) is 0. The van der Waals surface area contributed by atoms with Gasteiger partial charge in [-0.15, -0.1) is 0 Å². The molecule has 0 aliphatic rings. The van der Waals surface area contributed by atoms with Crippen molar-refractivity contribution in [2.75, 3.05) is 27.4 Å². The summed E-state index contributed by atoms with van der Waals surface area (Å²) in [6.45, 7) is 4.58. The van der Waals surface area contributed by atoms with Crippen LogP contribution in [-0.4, -0.2) is 33.6 Å². The number of methoxy groups -OCH3 is 2. The summed E-state index contributed by atoms with van der Waals surface area (Å²) in [6.07, 6.45) is -0.671. The predicted molar refractivity (Wildman–Crippen MR) is 48.6 cm³/mol. The summed E-state index contributed by atoms with van der Waals surface area (Å²) in [5, 5.41) is 0. The Balaban J connectivity index is 3.98. The maximum Gasteiger partial charge on any atom is 0.508 e. The third kappa shape index (κ3) is 5.25. The van der Waals surface area contributed by atoms with Gasteiger partial charge in [0.2, 0.25) is 0 Å². The van der Waals surface area contributed by atoms with Crippen LogP contribution in [0.2, 0.25) is 0 Å². The standard InChI is InChI=1S/C9H16O4/c1-7(2)8(5-11-3)6-13-9(10)12-4/h5-6H2,1-4H3. The second kappa shape index (κ2) is 6.48. The zero-order valence-electron chi connectivity index (χ0n) is 8.55. The number of hydrogen-bond acceptors (Lipinski definition) is 4. The molecule has 0 saturated heterocycles. The van der Waals surface area contributed by atoms with Crippen LogP contribution in [0.1, 0.15) is 13.8 Å². The molecule has 4 nitrogen and oxygen atoms in total. The fourth-order valence-corrected chi connectivity index (χ4v) is 0.710. The van der Waals surface area contributed by atoms with Gasteiger partial charge in [-0.25, -0.2) is 4.79 Å². The molecule has 4 heteroatoms. The third-order valence-corrected chi connectivity index (χ3v) is 1.56. The minimum atomic E-state index is -0.671. The lowest BCUT2D eigenvalue weighted by Crippen LogP contribution is -2.11. The first-order chi connectivity index (χ1) is 6.11. The van der Waals surface area contributed by atoms with Gasteiger partial charge in [-0.05, 0) is 19.4 Å². The lowest BCUT2D eigenvalue weighted by molar-refractivity contribution is 0.0764. The highest BCUT2D eigenvalue weighted by Gasteiger charge is 2.04. The number of rotatable bonds is 4. The van der Waals surface area contributed by atoms with Crippen LogP contribution in [0.4, 0.5) is 4.79 Å². The van der Waals surface area contributed by atoms with Crippen molar-refractivity contribution in [3.63, 3.8) is 0 Å². The predicted octanol–water partition coefficient (Wildman–Crippen LogP) is 1.75. The van der Waals surface area contributed by atoms with Crippen LogP contribution in [-0.2, 0) is 14.2 Å². The van der Waals surface area contributed by atoms with Crippen LogP contribution in [0.3, 0.4) is 0 Å². The van der Waals surface area contributed by atoms with Crippen LogP contribution >= 0.6 is 0 Å². The lowest BCUT2D eigenvalue weighted by atomic mass is 10.2. The molecule has 76 valence electrons. The van der Waals surface area contributed by atoms with Crippen molar-refractivity contribution in [1.29, 1.82) is 0 Å². The van der Waals surface area contributed by atoms with E-state index in [9.17, 15) is 4.79 Å². The molecule has 0 aromatic carbocycles. The monoisotopic (exact) mass is 188 g/mol. The molecule has 0 aliphatic heterocycles. The van der Waals surface area contributed by atoms with Gasteiger partial charge in [-0.1, -0.05) is 5.57 Å². The zero-order valence-corrected chi connectivity index (χ0v) is 8.55. The van der Waals surface area contributed by atoms with E-state index in [4.69, 9.17) is 9.47 Å². The first kappa shape index (κ1) is 12.0. The molecule has 0 aromatic rings. The third-order valence-electron chi connectivity index (χ3n) is 1.56. The first-order valence-electron chi connectivity index (χ1n) is 3.96. The molecule has 0 amide bonds. The molecule has 0 aromatic heterocycles.